The lowest BCUT2D eigenvalue weighted by Gasteiger charge is -2.24. The summed E-state index contributed by atoms with van der Waals surface area (Å²) in [4.78, 5) is 11.3. The van der Waals surface area contributed by atoms with E-state index in [9.17, 15) is 4.79 Å². The summed E-state index contributed by atoms with van der Waals surface area (Å²) in [5, 5.41) is 12.0. The summed E-state index contributed by atoms with van der Waals surface area (Å²) < 4.78 is 0. The van der Waals surface area contributed by atoms with E-state index in [2.05, 4.69) is 5.32 Å². The van der Waals surface area contributed by atoms with Gasteiger partial charge in [0.1, 0.15) is 0 Å². The largest absolute Gasteiger partial charge is 0.396 e. The first-order valence-corrected chi connectivity index (χ1v) is 5.71. The van der Waals surface area contributed by atoms with Crippen LogP contribution in [0.15, 0.2) is 0 Å². The van der Waals surface area contributed by atoms with Gasteiger partial charge in [-0.25, -0.2) is 0 Å². The molecule has 1 heterocycles. The number of amides is 1. The Kier molecular flexibility index (Phi) is 3.06. The van der Waals surface area contributed by atoms with Crippen LogP contribution in [0.5, 0.6) is 0 Å². The van der Waals surface area contributed by atoms with Gasteiger partial charge >= 0.3 is 0 Å². The van der Waals surface area contributed by atoms with Crippen molar-refractivity contribution in [1.82, 2.24) is 5.32 Å². The van der Waals surface area contributed by atoms with Gasteiger partial charge in [0, 0.05) is 19.1 Å². The molecule has 1 saturated carbocycles. The molecule has 2 atom stereocenters. The molecular formula is C11H19NO2. The molecule has 3 heteroatoms. The molecular weight excluding hydrogens is 178 g/mol. The maximum absolute atomic E-state index is 11.3. The molecule has 2 rings (SSSR count). The van der Waals surface area contributed by atoms with E-state index in [1.807, 2.05) is 0 Å². The normalized spacial score (nSPS) is 33.6. The van der Waals surface area contributed by atoms with E-state index in [-0.39, 0.29) is 12.5 Å². The minimum absolute atomic E-state index is 0.181. The maximum atomic E-state index is 11.3. The second kappa shape index (κ2) is 4.30. The van der Waals surface area contributed by atoms with Gasteiger partial charge in [0.05, 0.1) is 0 Å². The Hall–Kier alpha value is -0.570. The summed E-state index contributed by atoms with van der Waals surface area (Å²) in [5.74, 6) is 1.24. The van der Waals surface area contributed by atoms with Crippen LogP contribution in [-0.2, 0) is 4.79 Å². The Morgan fingerprint density at radius 3 is 2.71 bits per heavy atom. The van der Waals surface area contributed by atoms with Crippen LogP contribution < -0.4 is 5.32 Å². The van der Waals surface area contributed by atoms with Crippen molar-refractivity contribution in [1.29, 1.82) is 0 Å². The molecule has 0 aromatic carbocycles. The molecule has 80 valence electrons. The van der Waals surface area contributed by atoms with E-state index >= 15 is 0 Å². The highest BCUT2D eigenvalue weighted by atomic mass is 16.3. The molecule has 1 amide bonds. The average Bonchev–Trinajstić information content (AvgIpc) is 2.74. The van der Waals surface area contributed by atoms with Gasteiger partial charge in [-0.3, -0.25) is 4.79 Å². The Bertz CT molecular complexity index is 211. The molecule has 1 saturated heterocycles. The van der Waals surface area contributed by atoms with Gasteiger partial charge in [0.2, 0.25) is 5.91 Å². The Morgan fingerprint density at radius 1 is 1.36 bits per heavy atom. The number of aliphatic hydroxyl groups is 1. The number of carbonyl (C=O) groups excluding carboxylic acids is 1. The van der Waals surface area contributed by atoms with E-state index < -0.39 is 0 Å². The van der Waals surface area contributed by atoms with Crippen molar-refractivity contribution < 1.29 is 9.90 Å². The molecule has 0 aromatic rings. The summed E-state index contributed by atoms with van der Waals surface area (Å²) in [6, 6.07) is 0.358. The minimum atomic E-state index is 0.181. The third-order valence-corrected chi connectivity index (χ3v) is 3.69. The Morgan fingerprint density at radius 2 is 2.07 bits per heavy atom. The standard InChI is InChI=1S/C11H19NO2/c13-6-5-9-7-10(14)12-11(9)8-3-1-2-4-8/h8-9,11,13H,1-7H2,(H,12,14)/t9-,11+/m0/s1. The molecule has 1 aliphatic carbocycles. The van der Waals surface area contributed by atoms with Crippen LogP contribution in [0, 0.1) is 11.8 Å². The number of nitrogens with one attached hydrogen (secondary N) is 1. The third kappa shape index (κ3) is 1.92. The second-order valence-electron chi connectivity index (χ2n) is 4.61. The summed E-state index contributed by atoms with van der Waals surface area (Å²) >= 11 is 0. The van der Waals surface area contributed by atoms with E-state index in [1.165, 1.54) is 25.7 Å². The molecule has 3 nitrogen and oxygen atoms in total. The van der Waals surface area contributed by atoms with E-state index in [0.717, 1.165) is 6.42 Å². The highest BCUT2D eigenvalue weighted by molar-refractivity contribution is 5.79. The number of rotatable bonds is 3. The van der Waals surface area contributed by atoms with E-state index in [1.54, 1.807) is 0 Å². The summed E-state index contributed by atoms with van der Waals surface area (Å²) in [6.07, 6.45) is 6.53. The van der Waals surface area contributed by atoms with E-state index in [4.69, 9.17) is 5.11 Å². The molecule has 1 aliphatic heterocycles. The number of hydrogen-bond donors (Lipinski definition) is 2. The molecule has 0 radical (unpaired) electrons. The highest BCUT2D eigenvalue weighted by Gasteiger charge is 2.37. The Balaban J connectivity index is 1.96. The van der Waals surface area contributed by atoms with Crippen molar-refractivity contribution in [2.24, 2.45) is 11.8 Å². The van der Waals surface area contributed by atoms with Gasteiger partial charge < -0.3 is 10.4 Å². The smallest absolute Gasteiger partial charge is 0.220 e. The quantitative estimate of drug-likeness (QED) is 0.711. The minimum Gasteiger partial charge on any atom is -0.396 e. The molecule has 0 unspecified atom stereocenters. The predicted octanol–water partition coefficient (Wildman–Crippen LogP) is 1.06. The van der Waals surface area contributed by atoms with Gasteiger partial charge in [-0.2, -0.15) is 0 Å². The molecule has 2 fully saturated rings. The zero-order valence-corrected chi connectivity index (χ0v) is 8.54. The fourth-order valence-electron chi connectivity index (χ4n) is 2.99. The van der Waals surface area contributed by atoms with E-state index in [0.29, 0.717) is 24.3 Å². The first-order chi connectivity index (χ1) is 6.81. The van der Waals surface area contributed by atoms with Crippen molar-refractivity contribution >= 4 is 5.91 Å². The van der Waals surface area contributed by atoms with Crippen LogP contribution in [0.25, 0.3) is 0 Å². The van der Waals surface area contributed by atoms with Crippen molar-refractivity contribution in [3.63, 3.8) is 0 Å². The molecule has 14 heavy (non-hydrogen) atoms. The van der Waals surface area contributed by atoms with Crippen molar-refractivity contribution in [3.05, 3.63) is 0 Å². The molecule has 0 bridgehead atoms. The number of carbonyl (C=O) groups is 1. The van der Waals surface area contributed by atoms with Crippen LogP contribution in [0.3, 0.4) is 0 Å². The van der Waals surface area contributed by atoms with Gasteiger partial charge in [-0.15, -0.1) is 0 Å². The predicted molar refractivity (Wildman–Crippen MR) is 53.7 cm³/mol. The molecule has 0 spiro atoms. The molecule has 2 aliphatic rings. The average molecular weight is 197 g/mol. The zero-order chi connectivity index (χ0) is 9.97. The van der Waals surface area contributed by atoms with Crippen molar-refractivity contribution in [2.45, 2.75) is 44.6 Å². The summed E-state index contributed by atoms with van der Waals surface area (Å²) in [5.41, 5.74) is 0. The topological polar surface area (TPSA) is 49.3 Å². The molecule has 2 N–H and O–H groups in total. The third-order valence-electron chi connectivity index (χ3n) is 3.69. The summed E-state index contributed by atoms with van der Waals surface area (Å²) in [7, 11) is 0. The van der Waals surface area contributed by atoms with Crippen LogP contribution in [0.4, 0.5) is 0 Å². The SMILES string of the molecule is O=C1C[C@H](CCO)[C@@H](C2CCCC2)N1. The first-order valence-electron chi connectivity index (χ1n) is 5.71. The second-order valence-corrected chi connectivity index (χ2v) is 4.61. The first kappa shape index (κ1) is 9.97. The van der Waals surface area contributed by atoms with Crippen LogP contribution in [-0.4, -0.2) is 23.7 Å². The van der Waals surface area contributed by atoms with Gasteiger partial charge in [-0.05, 0) is 31.1 Å². The number of hydrogen-bond acceptors (Lipinski definition) is 2. The maximum Gasteiger partial charge on any atom is 0.220 e. The lowest BCUT2D eigenvalue weighted by molar-refractivity contribution is -0.119. The van der Waals surface area contributed by atoms with Gasteiger partial charge in [0.25, 0.3) is 0 Å². The monoisotopic (exact) mass is 197 g/mol. The zero-order valence-electron chi connectivity index (χ0n) is 8.54. The van der Waals surface area contributed by atoms with Gasteiger partial charge in [0.15, 0.2) is 0 Å². The lowest BCUT2D eigenvalue weighted by Crippen LogP contribution is -2.35. The van der Waals surface area contributed by atoms with Crippen LogP contribution in [0.2, 0.25) is 0 Å². The lowest BCUT2D eigenvalue weighted by atomic mass is 9.86. The summed E-state index contributed by atoms with van der Waals surface area (Å²) in [6.45, 7) is 0.211. The van der Waals surface area contributed by atoms with Crippen molar-refractivity contribution in [3.8, 4) is 0 Å². The highest BCUT2D eigenvalue weighted by Crippen LogP contribution is 2.35. The van der Waals surface area contributed by atoms with Crippen LogP contribution in [0.1, 0.15) is 38.5 Å². The number of aliphatic hydroxyl groups excluding tert-OH is 1. The molecule has 0 aromatic heterocycles. The van der Waals surface area contributed by atoms with Crippen LogP contribution >= 0.6 is 0 Å². The fourth-order valence-corrected chi connectivity index (χ4v) is 2.99. The Labute approximate surface area is 84.9 Å². The fraction of sp³-hybridized carbons (Fsp3) is 0.909. The van der Waals surface area contributed by atoms with Crippen molar-refractivity contribution in [2.75, 3.05) is 6.61 Å². The van der Waals surface area contributed by atoms with Gasteiger partial charge in [-0.1, -0.05) is 12.8 Å².